The number of nitrogens with two attached hydrogens (primary N) is 1. The number of rotatable bonds is 1. The summed E-state index contributed by atoms with van der Waals surface area (Å²) < 4.78 is 37.8. The molecule has 1 saturated heterocycles. The number of likely N-dealkylation sites (tertiary alicyclic amines) is 1. The first-order chi connectivity index (χ1) is 7.88. The van der Waals surface area contributed by atoms with Crippen LogP contribution in [0.15, 0.2) is 0 Å². The zero-order valence-electron chi connectivity index (χ0n) is 10.7. The van der Waals surface area contributed by atoms with E-state index in [0.717, 1.165) is 4.90 Å². The Morgan fingerprint density at radius 3 is 2.22 bits per heavy atom. The first kappa shape index (κ1) is 15.2. The van der Waals surface area contributed by atoms with Crippen molar-refractivity contribution in [3.05, 3.63) is 0 Å². The van der Waals surface area contributed by atoms with E-state index in [4.69, 9.17) is 5.73 Å². The normalized spacial score (nSPS) is 27.4. The highest BCUT2D eigenvalue weighted by Crippen LogP contribution is 2.38. The van der Waals surface area contributed by atoms with Crippen LogP contribution in [-0.2, 0) is 4.79 Å². The van der Waals surface area contributed by atoms with Gasteiger partial charge in [-0.05, 0) is 5.41 Å². The molecule has 18 heavy (non-hydrogen) atoms. The Balaban J connectivity index is 2.77. The van der Waals surface area contributed by atoms with Gasteiger partial charge in [-0.25, -0.2) is 0 Å². The second-order valence-corrected chi connectivity index (χ2v) is 5.88. The Hall–Kier alpha value is -0.820. The molecule has 7 heteroatoms. The molecule has 1 aliphatic heterocycles. The van der Waals surface area contributed by atoms with Gasteiger partial charge < -0.3 is 15.7 Å². The molecule has 1 amide bonds. The van der Waals surface area contributed by atoms with Crippen LogP contribution in [0.25, 0.3) is 0 Å². The Labute approximate surface area is 104 Å². The van der Waals surface area contributed by atoms with Crippen LogP contribution in [0.1, 0.15) is 27.2 Å². The molecule has 1 unspecified atom stereocenters. The van der Waals surface area contributed by atoms with E-state index in [-0.39, 0.29) is 6.54 Å². The lowest BCUT2D eigenvalue weighted by Crippen LogP contribution is -2.53. The van der Waals surface area contributed by atoms with Crippen molar-refractivity contribution in [3.8, 4) is 0 Å². The highest BCUT2D eigenvalue weighted by Gasteiger charge is 2.58. The van der Waals surface area contributed by atoms with Crippen LogP contribution >= 0.6 is 0 Å². The van der Waals surface area contributed by atoms with Gasteiger partial charge in [-0.2, -0.15) is 13.2 Å². The van der Waals surface area contributed by atoms with E-state index in [1.165, 1.54) is 0 Å². The Bertz CT molecular complexity index is 338. The summed E-state index contributed by atoms with van der Waals surface area (Å²) in [6.45, 7) is 4.35. The summed E-state index contributed by atoms with van der Waals surface area (Å²) in [4.78, 5) is 12.9. The summed E-state index contributed by atoms with van der Waals surface area (Å²) in [6.07, 6.45) is -5.23. The van der Waals surface area contributed by atoms with E-state index in [1.807, 2.05) is 0 Å². The number of hydrogen-bond acceptors (Lipinski definition) is 3. The molecule has 3 N–H and O–H groups in total. The quantitative estimate of drug-likeness (QED) is 0.742. The average Bonchev–Trinajstić information content (AvgIpc) is 2.57. The molecule has 1 aliphatic rings. The summed E-state index contributed by atoms with van der Waals surface area (Å²) in [5.41, 5.74) is 2.38. The number of nitrogens with zero attached hydrogens (tertiary/aromatic N) is 1. The molecule has 1 fully saturated rings. The average molecular weight is 268 g/mol. The van der Waals surface area contributed by atoms with Crippen LogP contribution in [0, 0.1) is 5.41 Å². The van der Waals surface area contributed by atoms with E-state index in [2.05, 4.69) is 0 Å². The maximum atomic E-state index is 12.6. The van der Waals surface area contributed by atoms with Crippen molar-refractivity contribution < 1.29 is 23.1 Å². The third kappa shape index (κ3) is 2.77. The lowest BCUT2D eigenvalue weighted by molar-refractivity contribution is -0.253. The molecule has 1 rings (SSSR count). The zero-order valence-corrected chi connectivity index (χ0v) is 10.7. The number of carbonyl (C=O) groups excluding carboxylic acids is 1. The number of halogens is 3. The van der Waals surface area contributed by atoms with E-state index < -0.39 is 42.1 Å². The number of alkyl halides is 3. The second kappa shape index (κ2) is 4.38. The molecule has 1 heterocycles. The van der Waals surface area contributed by atoms with Gasteiger partial charge >= 0.3 is 6.18 Å². The highest BCUT2D eigenvalue weighted by molar-refractivity contribution is 5.82. The molecule has 0 radical (unpaired) electrons. The van der Waals surface area contributed by atoms with Crippen LogP contribution in [0.4, 0.5) is 13.2 Å². The van der Waals surface area contributed by atoms with Crippen molar-refractivity contribution >= 4 is 5.91 Å². The maximum Gasteiger partial charge on any atom is 0.419 e. The summed E-state index contributed by atoms with van der Waals surface area (Å²) in [5.74, 6) is -0.553. The van der Waals surface area contributed by atoms with Crippen molar-refractivity contribution in [2.45, 2.75) is 45.0 Å². The van der Waals surface area contributed by atoms with Gasteiger partial charge in [0.15, 0.2) is 5.60 Å². The molecule has 0 aromatic carbocycles. The largest absolute Gasteiger partial charge is 0.419 e. The lowest BCUT2D eigenvalue weighted by atomic mass is 9.86. The fourth-order valence-electron chi connectivity index (χ4n) is 1.78. The Morgan fingerprint density at radius 2 is 1.89 bits per heavy atom. The minimum Gasteiger partial charge on any atom is -0.379 e. The van der Waals surface area contributed by atoms with Gasteiger partial charge in [-0.3, -0.25) is 4.79 Å². The van der Waals surface area contributed by atoms with Gasteiger partial charge in [-0.1, -0.05) is 20.8 Å². The third-order valence-electron chi connectivity index (χ3n) is 3.29. The number of hydrogen-bond donors (Lipinski definition) is 2. The summed E-state index contributed by atoms with van der Waals surface area (Å²) >= 11 is 0. The minimum absolute atomic E-state index is 0.126. The molecule has 0 spiro atoms. The third-order valence-corrected chi connectivity index (χ3v) is 3.29. The predicted octanol–water partition coefficient (Wildman–Crippen LogP) is 0.885. The van der Waals surface area contributed by atoms with E-state index in [0.29, 0.717) is 0 Å². The van der Waals surface area contributed by atoms with Crippen molar-refractivity contribution in [1.29, 1.82) is 0 Å². The van der Waals surface area contributed by atoms with Gasteiger partial charge in [0, 0.05) is 13.0 Å². The SMILES string of the molecule is CC(C)(C)[C@H](N)C(=O)N1CCC(O)(C(F)(F)F)C1. The lowest BCUT2D eigenvalue weighted by Gasteiger charge is -2.31. The standard InChI is InChI=1S/C11H19F3N2O2/c1-9(2,3)7(15)8(17)16-5-4-10(18,6-16)11(12,13)14/h7,18H,4-6,15H2,1-3H3/t7-,10?/m1/s1. The van der Waals surface area contributed by atoms with E-state index in [9.17, 15) is 23.1 Å². The Morgan fingerprint density at radius 1 is 1.39 bits per heavy atom. The van der Waals surface area contributed by atoms with Crippen LogP contribution in [0.5, 0.6) is 0 Å². The van der Waals surface area contributed by atoms with Gasteiger partial charge in [0.25, 0.3) is 0 Å². The van der Waals surface area contributed by atoms with Crippen molar-refractivity contribution in [2.24, 2.45) is 11.1 Å². The molecule has 2 atom stereocenters. The van der Waals surface area contributed by atoms with Gasteiger partial charge in [-0.15, -0.1) is 0 Å². The van der Waals surface area contributed by atoms with Gasteiger partial charge in [0.2, 0.25) is 5.91 Å². The maximum absolute atomic E-state index is 12.6. The molecule has 0 saturated carbocycles. The molecule has 0 bridgehead atoms. The van der Waals surface area contributed by atoms with Crippen LogP contribution in [-0.4, -0.2) is 46.8 Å². The molecule has 0 aromatic heterocycles. The smallest absolute Gasteiger partial charge is 0.379 e. The van der Waals surface area contributed by atoms with Crippen LogP contribution in [0.3, 0.4) is 0 Å². The van der Waals surface area contributed by atoms with Crippen LogP contribution in [0.2, 0.25) is 0 Å². The molecule has 4 nitrogen and oxygen atoms in total. The van der Waals surface area contributed by atoms with Crippen molar-refractivity contribution in [1.82, 2.24) is 4.90 Å². The monoisotopic (exact) mass is 268 g/mol. The fourth-order valence-corrected chi connectivity index (χ4v) is 1.78. The molecule has 0 aromatic rings. The highest BCUT2D eigenvalue weighted by atomic mass is 19.4. The first-order valence-corrected chi connectivity index (χ1v) is 5.72. The number of carbonyl (C=O) groups is 1. The number of amides is 1. The molecule has 106 valence electrons. The zero-order chi connectivity index (χ0) is 14.4. The van der Waals surface area contributed by atoms with Crippen molar-refractivity contribution in [2.75, 3.05) is 13.1 Å². The summed E-state index contributed by atoms with van der Waals surface area (Å²) in [5, 5.41) is 9.47. The molecular formula is C11H19F3N2O2. The van der Waals surface area contributed by atoms with Crippen molar-refractivity contribution in [3.63, 3.8) is 0 Å². The first-order valence-electron chi connectivity index (χ1n) is 5.72. The fraction of sp³-hybridized carbons (Fsp3) is 0.909. The Kier molecular flexibility index (Phi) is 3.71. The van der Waals surface area contributed by atoms with Gasteiger partial charge in [0.1, 0.15) is 0 Å². The second-order valence-electron chi connectivity index (χ2n) is 5.88. The molecule has 0 aliphatic carbocycles. The predicted molar refractivity (Wildman–Crippen MR) is 59.6 cm³/mol. The van der Waals surface area contributed by atoms with E-state index in [1.54, 1.807) is 20.8 Å². The van der Waals surface area contributed by atoms with Crippen LogP contribution < -0.4 is 5.73 Å². The number of β-amino-alcohol motifs (C(OH)–C–C–N with tert-alkyl or cyclic N) is 1. The van der Waals surface area contributed by atoms with E-state index >= 15 is 0 Å². The summed E-state index contributed by atoms with van der Waals surface area (Å²) in [6, 6.07) is -0.881. The van der Waals surface area contributed by atoms with Gasteiger partial charge in [0.05, 0.1) is 12.6 Å². The number of aliphatic hydroxyl groups is 1. The topological polar surface area (TPSA) is 66.6 Å². The minimum atomic E-state index is -4.73. The molecular weight excluding hydrogens is 249 g/mol. The summed E-state index contributed by atoms with van der Waals surface area (Å²) in [7, 11) is 0.